The van der Waals surface area contributed by atoms with Crippen LogP contribution in [0.1, 0.15) is 56.0 Å². The van der Waals surface area contributed by atoms with Crippen molar-refractivity contribution in [2.45, 2.75) is 58.7 Å². The molecular weight excluding hydrogens is 273 g/mol. The molecule has 2 fully saturated rings. The zero-order valence-electron chi connectivity index (χ0n) is 12.6. The van der Waals surface area contributed by atoms with Crippen LogP contribution in [0.2, 0.25) is 0 Å². The van der Waals surface area contributed by atoms with Gasteiger partial charge < -0.3 is 9.31 Å². The normalized spacial score (nSPS) is 24.1. The van der Waals surface area contributed by atoms with Gasteiger partial charge in [0.2, 0.25) is 0 Å². The zero-order valence-corrected chi connectivity index (χ0v) is 13.5. The Kier molecular flexibility index (Phi) is 3.12. The Balaban J connectivity index is 1.86. The van der Waals surface area contributed by atoms with E-state index in [1.165, 1.54) is 11.3 Å². The third-order valence-electron chi connectivity index (χ3n) is 4.46. The molecule has 0 unspecified atom stereocenters. The van der Waals surface area contributed by atoms with E-state index < -0.39 is 7.12 Å². The maximum atomic E-state index is 12.1. The van der Waals surface area contributed by atoms with E-state index in [4.69, 9.17) is 9.31 Å². The fourth-order valence-electron chi connectivity index (χ4n) is 2.20. The molecule has 0 amide bonds. The Morgan fingerprint density at radius 3 is 2.30 bits per heavy atom. The summed E-state index contributed by atoms with van der Waals surface area (Å²) < 4.78 is 13.0. The van der Waals surface area contributed by atoms with Crippen LogP contribution < -0.4 is 4.78 Å². The summed E-state index contributed by atoms with van der Waals surface area (Å²) in [6.45, 7) is 10.0. The molecule has 0 bridgehead atoms. The summed E-state index contributed by atoms with van der Waals surface area (Å²) in [7, 11) is -0.418. The van der Waals surface area contributed by atoms with Gasteiger partial charge in [-0.25, -0.2) is 4.98 Å². The standard InChI is InChI=1S/C14H20BNO3S/c1-8-11(15-18-13(2,3)14(4,5)19-15)20-12(16-8)10(17)9-6-7-9/h9H,6-7H2,1-5H3. The molecule has 2 heterocycles. The van der Waals surface area contributed by atoms with Crippen LogP contribution >= 0.6 is 11.3 Å². The second-order valence-corrected chi connectivity index (χ2v) is 7.73. The summed E-state index contributed by atoms with van der Waals surface area (Å²) in [6.07, 6.45) is 2.01. The number of rotatable bonds is 3. The Labute approximate surface area is 124 Å². The Morgan fingerprint density at radius 1 is 1.25 bits per heavy atom. The summed E-state index contributed by atoms with van der Waals surface area (Å²) in [4.78, 5) is 16.5. The van der Waals surface area contributed by atoms with Crippen LogP contribution in [0.5, 0.6) is 0 Å². The van der Waals surface area contributed by atoms with Crippen molar-refractivity contribution in [2.75, 3.05) is 0 Å². The van der Waals surface area contributed by atoms with Gasteiger partial charge in [-0.05, 0) is 47.5 Å². The van der Waals surface area contributed by atoms with E-state index in [0.717, 1.165) is 23.3 Å². The number of hydrogen-bond donors (Lipinski definition) is 0. The number of nitrogens with zero attached hydrogens (tertiary/aromatic N) is 1. The van der Waals surface area contributed by atoms with Crippen LogP contribution in [0.15, 0.2) is 0 Å². The fourth-order valence-corrected chi connectivity index (χ4v) is 3.25. The van der Waals surface area contributed by atoms with Crippen molar-refractivity contribution in [2.24, 2.45) is 5.92 Å². The van der Waals surface area contributed by atoms with Crippen molar-refractivity contribution >= 4 is 29.0 Å². The maximum absolute atomic E-state index is 12.1. The van der Waals surface area contributed by atoms with Crippen molar-refractivity contribution in [1.82, 2.24) is 4.98 Å². The van der Waals surface area contributed by atoms with Gasteiger partial charge in [0.15, 0.2) is 10.8 Å². The lowest BCUT2D eigenvalue weighted by atomic mass is 9.86. The predicted molar refractivity (Wildman–Crippen MR) is 79.6 cm³/mol. The third kappa shape index (κ3) is 2.24. The third-order valence-corrected chi connectivity index (χ3v) is 5.65. The molecule has 1 saturated carbocycles. The average molecular weight is 293 g/mol. The first-order chi connectivity index (χ1) is 9.21. The van der Waals surface area contributed by atoms with E-state index in [9.17, 15) is 4.79 Å². The highest BCUT2D eigenvalue weighted by molar-refractivity contribution is 7.23. The summed E-state index contributed by atoms with van der Waals surface area (Å²) in [6, 6.07) is 0. The minimum Gasteiger partial charge on any atom is -0.399 e. The molecule has 0 spiro atoms. The van der Waals surface area contributed by atoms with Gasteiger partial charge in [-0.1, -0.05) is 0 Å². The lowest BCUT2D eigenvalue weighted by molar-refractivity contribution is 0.00578. The lowest BCUT2D eigenvalue weighted by Gasteiger charge is -2.32. The van der Waals surface area contributed by atoms with Gasteiger partial charge in [0.1, 0.15) is 0 Å². The SMILES string of the molecule is Cc1nc(C(=O)C2CC2)sc1B1OC(C)(C)C(C)(C)O1. The Bertz CT molecular complexity index is 547. The number of Topliss-reactive ketones (excluding diaryl/α,β-unsaturated/α-hetero) is 1. The molecule has 1 saturated heterocycles. The molecule has 2 aliphatic rings. The fraction of sp³-hybridized carbons (Fsp3) is 0.714. The van der Waals surface area contributed by atoms with Gasteiger partial charge in [-0.2, -0.15) is 0 Å². The summed E-state index contributed by atoms with van der Waals surface area (Å²) in [5.41, 5.74) is 0.112. The lowest BCUT2D eigenvalue weighted by Crippen LogP contribution is -2.41. The number of thiazole rings is 1. The second kappa shape index (κ2) is 4.39. The molecular formula is C14H20BNO3S. The molecule has 108 valence electrons. The number of aromatic nitrogens is 1. The Morgan fingerprint density at radius 2 is 1.80 bits per heavy atom. The molecule has 1 aromatic heterocycles. The number of ketones is 1. The topological polar surface area (TPSA) is 48.4 Å². The van der Waals surface area contributed by atoms with Gasteiger partial charge in [-0.15, -0.1) is 11.3 Å². The van der Waals surface area contributed by atoms with E-state index in [2.05, 4.69) is 4.98 Å². The van der Waals surface area contributed by atoms with E-state index in [0.29, 0.717) is 5.01 Å². The summed E-state index contributed by atoms with van der Waals surface area (Å²) in [5, 5.41) is 0.606. The highest BCUT2D eigenvalue weighted by Crippen LogP contribution is 2.38. The maximum Gasteiger partial charge on any atom is 0.507 e. The summed E-state index contributed by atoms with van der Waals surface area (Å²) >= 11 is 1.42. The minimum absolute atomic E-state index is 0.181. The molecule has 3 rings (SSSR count). The Hall–Kier alpha value is -0.715. The van der Waals surface area contributed by atoms with Crippen LogP contribution in [0.4, 0.5) is 0 Å². The molecule has 1 aromatic rings. The molecule has 0 N–H and O–H groups in total. The quantitative estimate of drug-likeness (QED) is 0.634. The smallest absolute Gasteiger partial charge is 0.399 e. The molecule has 0 radical (unpaired) electrons. The molecule has 6 heteroatoms. The largest absolute Gasteiger partial charge is 0.507 e. The average Bonchev–Trinajstić information content (AvgIpc) is 3.05. The van der Waals surface area contributed by atoms with E-state index in [1.54, 1.807) is 0 Å². The molecule has 1 aliphatic carbocycles. The number of carbonyl (C=O) groups excluding carboxylic acids is 1. The molecule has 1 aliphatic heterocycles. The van der Waals surface area contributed by atoms with Crippen LogP contribution in [-0.2, 0) is 9.31 Å². The van der Waals surface area contributed by atoms with Crippen molar-refractivity contribution in [3.8, 4) is 0 Å². The van der Waals surface area contributed by atoms with Crippen molar-refractivity contribution < 1.29 is 14.1 Å². The minimum atomic E-state index is -0.418. The first kappa shape index (κ1) is 14.2. The highest BCUT2D eigenvalue weighted by Gasteiger charge is 2.53. The van der Waals surface area contributed by atoms with Gasteiger partial charge >= 0.3 is 7.12 Å². The predicted octanol–water partition coefficient (Wildman–Crippen LogP) is 2.34. The molecule has 20 heavy (non-hydrogen) atoms. The first-order valence-corrected chi connectivity index (χ1v) is 7.90. The van der Waals surface area contributed by atoms with Gasteiger partial charge in [0, 0.05) is 11.6 Å². The van der Waals surface area contributed by atoms with E-state index in [1.807, 2.05) is 34.6 Å². The van der Waals surface area contributed by atoms with E-state index >= 15 is 0 Å². The van der Waals surface area contributed by atoms with Gasteiger partial charge in [-0.3, -0.25) is 4.79 Å². The zero-order chi connectivity index (χ0) is 14.7. The van der Waals surface area contributed by atoms with Crippen molar-refractivity contribution in [1.29, 1.82) is 0 Å². The number of carbonyl (C=O) groups is 1. The van der Waals surface area contributed by atoms with Crippen LogP contribution in [-0.4, -0.2) is 29.1 Å². The first-order valence-electron chi connectivity index (χ1n) is 7.08. The molecule has 4 nitrogen and oxygen atoms in total. The molecule has 0 aromatic carbocycles. The molecule has 0 atom stereocenters. The monoisotopic (exact) mass is 293 g/mol. The number of aryl methyl sites for hydroxylation is 1. The van der Waals surface area contributed by atoms with Crippen LogP contribution in [0.3, 0.4) is 0 Å². The van der Waals surface area contributed by atoms with E-state index in [-0.39, 0.29) is 22.9 Å². The van der Waals surface area contributed by atoms with Crippen molar-refractivity contribution in [3.63, 3.8) is 0 Å². The van der Waals surface area contributed by atoms with Crippen molar-refractivity contribution in [3.05, 3.63) is 10.7 Å². The van der Waals surface area contributed by atoms with Crippen LogP contribution in [0, 0.1) is 12.8 Å². The second-order valence-electron chi connectivity index (χ2n) is 6.70. The van der Waals surface area contributed by atoms with Gasteiger partial charge in [0.25, 0.3) is 0 Å². The summed E-state index contributed by atoms with van der Waals surface area (Å²) in [5.74, 6) is 0.382. The van der Waals surface area contributed by atoms with Gasteiger partial charge in [0.05, 0.1) is 16.0 Å². The highest BCUT2D eigenvalue weighted by atomic mass is 32.1. The number of hydrogen-bond acceptors (Lipinski definition) is 5. The van der Waals surface area contributed by atoms with Crippen LogP contribution in [0.25, 0.3) is 0 Å².